The molecule has 1 aromatic carbocycles. The quantitative estimate of drug-likeness (QED) is 0.654. The molecule has 2 aromatic heterocycles. The van der Waals surface area contributed by atoms with E-state index in [0.29, 0.717) is 5.56 Å². The lowest BCUT2D eigenvalue weighted by Crippen LogP contribution is -2.05. The Morgan fingerprint density at radius 2 is 1.39 bits per heavy atom. The van der Waals surface area contributed by atoms with Crippen LogP contribution in [0.5, 0.6) is 0 Å². The lowest BCUT2D eigenvalue weighted by Gasteiger charge is -2.09. The van der Waals surface area contributed by atoms with Crippen LogP contribution in [0.1, 0.15) is 11.1 Å². The predicted molar refractivity (Wildman–Crippen MR) is 82.6 cm³/mol. The van der Waals surface area contributed by atoms with E-state index in [4.69, 9.17) is 0 Å². The molecule has 0 saturated carbocycles. The maximum atomic E-state index is 12.8. The van der Waals surface area contributed by atoms with Gasteiger partial charge in [0.2, 0.25) is 0 Å². The number of hydrogen-bond acceptors (Lipinski definition) is 2. The minimum atomic E-state index is -4.38. The van der Waals surface area contributed by atoms with Gasteiger partial charge in [0.1, 0.15) is 0 Å². The van der Waals surface area contributed by atoms with Crippen LogP contribution in [0, 0.1) is 6.92 Å². The summed E-state index contributed by atoms with van der Waals surface area (Å²) < 4.78 is 38.5. The number of aromatic nitrogens is 2. The van der Waals surface area contributed by atoms with Crippen molar-refractivity contribution in [3.8, 4) is 22.5 Å². The van der Waals surface area contributed by atoms with Crippen molar-refractivity contribution in [1.82, 2.24) is 9.97 Å². The molecule has 0 N–H and O–H groups in total. The van der Waals surface area contributed by atoms with E-state index in [0.717, 1.165) is 29.0 Å². The van der Waals surface area contributed by atoms with Crippen LogP contribution in [-0.4, -0.2) is 9.97 Å². The molecular formula is C18H13F3N2. The average Bonchev–Trinajstić information content (AvgIpc) is 2.54. The Hall–Kier alpha value is -2.69. The zero-order valence-electron chi connectivity index (χ0n) is 12.3. The molecule has 0 atom stereocenters. The van der Waals surface area contributed by atoms with Crippen LogP contribution in [0.15, 0.2) is 60.9 Å². The van der Waals surface area contributed by atoms with Gasteiger partial charge < -0.3 is 0 Å². The molecule has 0 amide bonds. The standard InChI is InChI=1S/C18H13F3N2/c1-12-5-7-22-16(9-12)13-3-2-4-14(10-13)17-11-15(6-8-23-17)18(19,20)21/h2-11H,1H3. The number of rotatable bonds is 2. The van der Waals surface area contributed by atoms with Crippen LogP contribution in [0.3, 0.4) is 0 Å². The minimum absolute atomic E-state index is 0.286. The largest absolute Gasteiger partial charge is 0.416 e. The maximum absolute atomic E-state index is 12.8. The summed E-state index contributed by atoms with van der Waals surface area (Å²) in [5.74, 6) is 0. The second-order valence-corrected chi connectivity index (χ2v) is 5.23. The van der Waals surface area contributed by atoms with Gasteiger partial charge in [-0.25, -0.2) is 0 Å². The molecule has 3 rings (SSSR count). The summed E-state index contributed by atoms with van der Waals surface area (Å²) in [5, 5.41) is 0. The second-order valence-electron chi connectivity index (χ2n) is 5.23. The Morgan fingerprint density at radius 3 is 2.00 bits per heavy atom. The summed E-state index contributed by atoms with van der Waals surface area (Å²) in [4.78, 5) is 8.36. The molecule has 2 heterocycles. The number of pyridine rings is 2. The van der Waals surface area contributed by atoms with Crippen molar-refractivity contribution in [3.05, 3.63) is 72.1 Å². The van der Waals surface area contributed by atoms with Gasteiger partial charge in [-0.1, -0.05) is 18.2 Å². The van der Waals surface area contributed by atoms with Crippen molar-refractivity contribution in [2.45, 2.75) is 13.1 Å². The molecule has 0 bridgehead atoms. The monoisotopic (exact) mass is 314 g/mol. The minimum Gasteiger partial charge on any atom is -0.256 e. The lowest BCUT2D eigenvalue weighted by atomic mass is 10.0. The van der Waals surface area contributed by atoms with Crippen LogP contribution in [-0.2, 0) is 6.18 Å². The molecule has 0 fully saturated rings. The normalized spacial score (nSPS) is 11.5. The summed E-state index contributed by atoms with van der Waals surface area (Å²) in [6.45, 7) is 1.96. The van der Waals surface area contributed by atoms with Gasteiger partial charge in [-0.3, -0.25) is 9.97 Å². The molecule has 2 nitrogen and oxygen atoms in total. The molecule has 0 radical (unpaired) electrons. The number of hydrogen-bond donors (Lipinski definition) is 0. The molecule has 3 aromatic rings. The highest BCUT2D eigenvalue weighted by Gasteiger charge is 2.30. The molecule has 0 saturated heterocycles. The first-order valence-electron chi connectivity index (χ1n) is 7.00. The Kier molecular flexibility index (Phi) is 3.86. The lowest BCUT2D eigenvalue weighted by molar-refractivity contribution is -0.137. The highest BCUT2D eigenvalue weighted by molar-refractivity contribution is 5.69. The third-order valence-electron chi connectivity index (χ3n) is 3.46. The summed E-state index contributed by atoms with van der Waals surface area (Å²) >= 11 is 0. The van der Waals surface area contributed by atoms with Gasteiger partial charge in [-0.15, -0.1) is 0 Å². The zero-order chi connectivity index (χ0) is 16.4. The van der Waals surface area contributed by atoms with E-state index < -0.39 is 11.7 Å². The van der Waals surface area contributed by atoms with Gasteiger partial charge in [-0.05, 0) is 42.8 Å². The third kappa shape index (κ3) is 3.39. The highest BCUT2D eigenvalue weighted by Crippen LogP contribution is 2.32. The number of halogens is 3. The molecule has 116 valence electrons. The number of benzene rings is 1. The Morgan fingerprint density at radius 1 is 0.783 bits per heavy atom. The SMILES string of the molecule is Cc1ccnc(-c2cccc(-c3cc(C(F)(F)F)ccn3)c2)c1. The molecule has 0 aliphatic carbocycles. The first-order valence-corrected chi connectivity index (χ1v) is 7.00. The average molecular weight is 314 g/mol. The van der Waals surface area contributed by atoms with Gasteiger partial charge in [0.05, 0.1) is 17.0 Å². The molecule has 0 aliphatic heterocycles. The molecular weight excluding hydrogens is 301 g/mol. The van der Waals surface area contributed by atoms with Crippen LogP contribution in [0.25, 0.3) is 22.5 Å². The van der Waals surface area contributed by atoms with E-state index in [9.17, 15) is 13.2 Å². The van der Waals surface area contributed by atoms with E-state index >= 15 is 0 Å². The Balaban J connectivity index is 2.04. The first-order chi connectivity index (χ1) is 10.9. The van der Waals surface area contributed by atoms with E-state index in [2.05, 4.69) is 9.97 Å². The van der Waals surface area contributed by atoms with Crippen molar-refractivity contribution in [2.75, 3.05) is 0 Å². The smallest absolute Gasteiger partial charge is 0.256 e. The first kappa shape index (κ1) is 15.2. The predicted octanol–water partition coefficient (Wildman–Crippen LogP) is 5.14. The summed E-state index contributed by atoms with van der Waals surface area (Å²) in [7, 11) is 0. The van der Waals surface area contributed by atoms with E-state index in [-0.39, 0.29) is 5.69 Å². The van der Waals surface area contributed by atoms with Gasteiger partial charge >= 0.3 is 6.18 Å². The van der Waals surface area contributed by atoms with E-state index in [1.165, 1.54) is 6.20 Å². The van der Waals surface area contributed by atoms with Crippen molar-refractivity contribution in [1.29, 1.82) is 0 Å². The molecule has 0 spiro atoms. The molecule has 23 heavy (non-hydrogen) atoms. The van der Waals surface area contributed by atoms with Crippen molar-refractivity contribution in [3.63, 3.8) is 0 Å². The van der Waals surface area contributed by atoms with Crippen molar-refractivity contribution < 1.29 is 13.2 Å². The topological polar surface area (TPSA) is 25.8 Å². The van der Waals surface area contributed by atoms with Crippen molar-refractivity contribution in [2.24, 2.45) is 0 Å². The van der Waals surface area contributed by atoms with Gasteiger partial charge in [0.25, 0.3) is 0 Å². The molecule has 0 aliphatic rings. The third-order valence-corrected chi connectivity index (χ3v) is 3.46. The highest BCUT2D eigenvalue weighted by atomic mass is 19.4. The van der Waals surface area contributed by atoms with Gasteiger partial charge in [-0.2, -0.15) is 13.2 Å². The number of aryl methyl sites for hydroxylation is 1. The fourth-order valence-corrected chi connectivity index (χ4v) is 2.30. The van der Waals surface area contributed by atoms with Crippen LogP contribution < -0.4 is 0 Å². The fourth-order valence-electron chi connectivity index (χ4n) is 2.30. The summed E-state index contributed by atoms with van der Waals surface area (Å²) in [5.41, 5.74) is 2.88. The van der Waals surface area contributed by atoms with Crippen LogP contribution >= 0.6 is 0 Å². The van der Waals surface area contributed by atoms with E-state index in [1.54, 1.807) is 24.4 Å². The number of nitrogens with zero attached hydrogens (tertiary/aromatic N) is 2. The molecule has 5 heteroatoms. The fraction of sp³-hybridized carbons (Fsp3) is 0.111. The Labute approximate surface area is 131 Å². The Bertz CT molecular complexity index is 841. The number of alkyl halides is 3. The van der Waals surface area contributed by atoms with Gasteiger partial charge in [0.15, 0.2) is 0 Å². The van der Waals surface area contributed by atoms with Crippen LogP contribution in [0.4, 0.5) is 13.2 Å². The van der Waals surface area contributed by atoms with Gasteiger partial charge in [0, 0.05) is 23.5 Å². The second kappa shape index (κ2) is 5.83. The summed E-state index contributed by atoms with van der Waals surface area (Å²) in [6, 6.07) is 13.0. The zero-order valence-corrected chi connectivity index (χ0v) is 12.3. The maximum Gasteiger partial charge on any atom is 0.416 e. The summed E-state index contributed by atoms with van der Waals surface area (Å²) in [6.07, 6.45) is -1.50. The van der Waals surface area contributed by atoms with E-state index in [1.807, 2.05) is 25.1 Å². The van der Waals surface area contributed by atoms with Crippen LogP contribution in [0.2, 0.25) is 0 Å². The van der Waals surface area contributed by atoms with Crippen molar-refractivity contribution >= 4 is 0 Å². The molecule has 0 unspecified atom stereocenters.